The van der Waals surface area contributed by atoms with E-state index in [1.807, 2.05) is 39.1 Å². The van der Waals surface area contributed by atoms with Crippen LogP contribution in [0.2, 0.25) is 0 Å². The lowest BCUT2D eigenvalue weighted by Gasteiger charge is -2.32. The Morgan fingerprint density at radius 1 is 1.05 bits per heavy atom. The molecule has 3 atom stereocenters. The Morgan fingerprint density at radius 2 is 1.82 bits per heavy atom. The molecule has 1 amide bonds. The van der Waals surface area contributed by atoms with E-state index >= 15 is 0 Å². The number of benzene rings is 1. The van der Waals surface area contributed by atoms with Gasteiger partial charge in [-0.1, -0.05) is 18.6 Å². The van der Waals surface area contributed by atoms with Crippen LogP contribution in [0.15, 0.2) is 36.7 Å². The average Bonchev–Trinajstić information content (AvgIpc) is 3.61. The fourth-order valence-corrected chi connectivity index (χ4v) is 6.31. The number of hydrogen-bond donors (Lipinski definition) is 0. The molecule has 0 radical (unpaired) electrons. The van der Waals surface area contributed by atoms with E-state index < -0.39 is 11.7 Å². The second-order valence-corrected chi connectivity index (χ2v) is 12.3. The van der Waals surface area contributed by atoms with Crippen LogP contribution >= 0.6 is 0 Å². The molecule has 3 heterocycles. The van der Waals surface area contributed by atoms with Gasteiger partial charge in [-0.3, -0.25) is 4.90 Å². The summed E-state index contributed by atoms with van der Waals surface area (Å²) in [6.45, 7) is 10.8. The van der Waals surface area contributed by atoms with Gasteiger partial charge in [-0.05, 0) is 76.6 Å². The van der Waals surface area contributed by atoms with Gasteiger partial charge in [-0.2, -0.15) is 10.1 Å². The maximum absolute atomic E-state index is 13.5. The molecule has 9 nitrogen and oxygen atoms in total. The maximum Gasteiger partial charge on any atom is 0.421 e. The minimum Gasteiger partial charge on any atom is -0.443 e. The summed E-state index contributed by atoms with van der Waals surface area (Å²) in [7, 11) is 2.17. The van der Waals surface area contributed by atoms with E-state index in [-0.39, 0.29) is 0 Å². The Bertz CT molecular complexity index is 1290. The normalized spacial score (nSPS) is 24.3. The fraction of sp³-hybridized carbons (Fsp3) is 0.586. The Hall–Kier alpha value is -3.04. The Labute approximate surface area is 224 Å². The summed E-state index contributed by atoms with van der Waals surface area (Å²) in [4.78, 5) is 29.3. The van der Waals surface area contributed by atoms with Gasteiger partial charge < -0.3 is 9.64 Å². The van der Waals surface area contributed by atoms with Crippen molar-refractivity contribution in [2.24, 2.45) is 11.8 Å². The van der Waals surface area contributed by atoms with Gasteiger partial charge in [0.1, 0.15) is 5.60 Å². The topological polar surface area (TPSA) is 79.6 Å². The van der Waals surface area contributed by atoms with Crippen LogP contribution in [0.25, 0.3) is 11.0 Å². The molecule has 2 bridgehead atoms. The molecule has 202 valence electrons. The van der Waals surface area contributed by atoms with Crippen LogP contribution in [0.5, 0.6) is 0 Å². The summed E-state index contributed by atoms with van der Waals surface area (Å²) >= 11 is 0. The maximum atomic E-state index is 13.5. The van der Waals surface area contributed by atoms with Gasteiger partial charge in [0.2, 0.25) is 5.95 Å². The molecular weight excluding hydrogens is 478 g/mol. The number of rotatable bonds is 5. The van der Waals surface area contributed by atoms with E-state index in [0.29, 0.717) is 23.6 Å². The predicted molar refractivity (Wildman–Crippen MR) is 147 cm³/mol. The molecule has 38 heavy (non-hydrogen) atoms. The number of carbonyl (C=O) groups excluding carboxylic acids is 1. The van der Waals surface area contributed by atoms with Crippen LogP contribution < -0.4 is 4.90 Å². The second-order valence-electron chi connectivity index (χ2n) is 12.3. The molecule has 6 rings (SSSR count). The summed E-state index contributed by atoms with van der Waals surface area (Å²) in [5.41, 5.74) is 2.04. The zero-order valence-corrected chi connectivity index (χ0v) is 23.0. The van der Waals surface area contributed by atoms with E-state index in [4.69, 9.17) is 14.8 Å². The van der Waals surface area contributed by atoms with Crippen molar-refractivity contribution in [2.75, 3.05) is 38.1 Å². The van der Waals surface area contributed by atoms with Gasteiger partial charge in [-0.25, -0.2) is 19.4 Å². The monoisotopic (exact) mass is 517 g/mol. The molecule has 0 spiro atoms. The molecule has 1 saturated heterocycles. The van der Waals surface area contributed by atoms with Crippen LogP contribution in [0, 0.1) is 11.8 Å². The third-order valence-corrected chi connectivity index (χ3v) is 8.31. The van der Waals surface area contributed by atoms with Crippen molar-refractivity contribution in [3.8, 4) is 0 Å². The van der Waals surface area contributed by atoms with Gasteiger partial charge in [-0.15, -0.1) is 0 Å². The van der Waals surface area contributed by atoms with Gasteiger partial charge in [0.05, 0.1) is 23.3 Å². The SMILES string of the molecule is CN1CCN(Cc2ccc(N(C(=O)OC(C)(C)C)c3ncc4cnn([C@H]5C[C@@H]6CC[C@H]5C6)c4n3)cc2)CC1. The van der Waals surface area contributed by atoms with Crippen molar-refractivity contribution in [3.63, 3.8) is 0 Å². The highest BCUT2D eigenvalue weighted by molar-refractivity contribution is 5.95. The first kappa shape index (κ1) is 25.2. The summed E-state index contributed by atoms with van der Waals surface area (Å²) in [5, 5.41) is 5.61. The van der Waals surface area contributed by atoms with E-state index in [0.717, 1.165) is 56.1 Å². The number of nitrogens with zero attached hydrogens (tertiary/aromatic N) is 7. The minimum absolute atomic E-state index is 0.309. The minimum atomic E-state index is -0.647. The molecule has 1 aliphatic heterocycles. The largest absolute Gasteiger partial charge is 0.443 e. The van der Waals surface area contributed by atoms with Crippen LogP contribution in [0.3, 0.4) is 0 Å². The van der Waals surface area contributed by atoms with Crippen LogP contribution in [-0.4, -0.2) is 74.5 Å². The molecule has 2 aromatic heterocycles. The summed E-state index contributed by atoms with van der Waals surface area (Å²) in [6.07, 6.45) is 8.16. The number of amides is 1. The number of fused-ring (bicyclic) bond motifs is 3. The van der Waals surface area contributed by atoms with Gasteiger partial charge in [0.15, 0.2) is 5.65 Å². The molecule has 2 saturated carbocycles. The van der Waals surface area contributed by atoms with Crippen molar-refractivity contribution < 1.29 is 9.53 Å². The fourth-order valence-electron chi connectivity index (χ4n) is 6.31. The zero-order valence-electron chi connectivity index (χ0n) is 23.0. The molecule has 0 N–H and O–H groups in total. The van der Waals surface area contributed by atoms with Gasteiger partial charge in [0.25, 0.3) is 0 Å². The lowest BCUT2D eigenvalue weighted by atomic mass is 9.95. The first-order chi connectivity index (χ1) is 18.2. The van der Waals surface area contributed by atoms with Gasteiger partial charge >= 0.3 is 6.09 Å². The second kappa shape index (κ2) is 9.93. The molecule has 3 fully saturated rings. The molecular formula is C29H39N7O2. The van der Waals surface area contributed by atoms with Crippen molar-refractivity contribution >= 4 is 28.8 Å². The number of likely N-dealkylation sites (N-methyl/N-ethyl adjacent to an activating group) is 1. The molecule has 0 unspecified atom stereocenters. The third-order valence-electron chi connectivity index (χ3n) is 8.31. The molecule has 1 aromatic carbocycles. The Kier molecular flexibility index (Phi) is 6.60. The van der Waals surface area contributed by atoms with Crippen molar-refractivity contribution in [2.45, 2.75) is 64.6 Å². The van der Waals surface area contributed by atoms with Crippen LogP contribution in [0.4, 0.5) is 16.4 Å². The lowest BCUT2D eigenvalue weighted by Crippen LogP contribution is -2.43. The van der Waals surface area contributed by atoms with E-state index in [1.165, 1.54) is 29.7 Å². The van der Waals surface area contributed by atoms with Gasteiger partial charge in [0, 0.05) is 38.9 Å². The van der Waals surface area contributed by atoms with Crippen molar-refractivity contribution in [3.05, 3.63) is 42.2 Å². The lowest BCUT2D eigenvalue weighted by molar-refractivity contribution is 0.0597. The number of piperazine rings is 1. The van der Waals surface area contributed by atoms with Crippen molar-refractivity contribution in [1.29, 1.82) is 0 Å². The third kappa shape index (κ3) is 5.14. The number of hydrogen-bond acceptors (Lipinski definition) is 7. The number of anilines is 2. The first-order valence-electron chi connectivity index (χ1n) is 14.0. The number of aromatic nitrogens is 4. The highest BCUT2D eigenvalue weighted by Gasteiger charge is 2.41. The summed E-state index contributed by atoms with van der Waals surface area (Å²) in [6, 6.07) is 8.48. The Balaban J connectivity index is 1.30. The molecule has 3 aliphatic rings. The van der Waals surface area contributed by atoms with Crippen LogP contribution in [0.1, 0.15) is 58.1 Å². The molecule has 2 aliphatic carbocycles. The molecule has 3 aromatic rings. The van der Waals surface area contributed by atoms with Crippen molar-refractivity contribution in [1.82, 2.24) is 29.5 Å². The number of ether oxygens (including phenoxy) is 1. The van der Waals surface area contributed by atoms with E-state index in [9.17, 15) is 4.79 Å². The van der Waals surface area contributed by atoms with Crippen LogP contribution in [-0.2, 0) is 11.3 Å². The van der Waals surface area contributed by atoms with E-state index in [1.54, 1.807) is 6.20 Å². The predicted octanol–water partition coefficient (Wildman–Crippen LogP) is 5.01. The highest BCUT2D eigenvalue weighted by atomic mass is 16.6. The standard InChI is InChI=1S/C29H39N7O2/c1-29(2,3)38-28(37)35(24-9-6-20(7-10-24)19-34-13-11-33(4)12-14-34)27-30-17-23-18-31-36(26(23)32-27)25-16-21-5-8-22(25)15-21/h6-7,9-10,17-18,21-22,25H,5,8,11-16,19H2,1-4H3/t21-,22+,25+/m1/s1. The quantitative estimate of drug-likeness (QED) is 0.471. The van der Waals surface area contributed by atoms with E-state index in [2.05, 4.69) is 38.6 Å². The average molecular weight is 518 g/mol. The molecule has 9 heteroatoms. The summed E-state index contributed by atoms with van der Waals surface area (Å²) < 4.78 is 7.89. The smallest absolute Gasteiger partial charge is 0.421 e. The summed E-state index contributed by atoms with van der Waals surface area (Å²) in [5.74, 6) is 1.77. The highest BCUT2D eigenvalue weighted by Crippen LogP contribution is 2.51. The zero-order chi connectivity index (χ0) is 26.4. The first-order valence-corrected chi connectivity index (χ1v) is 14.0. The number of carbonyl (C=O) groups is 1. The Morgan fingerprint density at radius 3 is 2.47 bits per heavy atom.